The van der Waals surface area contributed by atoms with Gasteiger partial charge in [0.15, 0.2) is 0 Å². The highest BCUT2D eigenvalue weighted by atomic mass is 35.5. The molecule has 0 saturated carbocycles. The molecular weight excluding hydrogens is 297 g/mol. The summed E-state index contributed by atoms with van der Waals surface area (Å²) in [5.74, 6) is -0.354. The number of hydrogen-bond donors (Lipinski definition) is 1. The van der Waals surface area contributed by atoms with Gasteiger partial charge >= 0.3 is 0 Å². The smallest absolute Gasteiger partial charge is 0.128 e. The number of rotatable bonds is 6. The van der Waals surface area contributed by atoms with E-state index in [0.717, 1.165) is 10.9 Å². The fraction of sp³-hybridized carbons (Fsp3) is 0.333. The first-order valence-electron chi connectivity index (χ1n) is 6.41. The molecule has 0 aliphatic heterocycles. The van der Waals surface area contributed by atoms with E-state index < -0.39 is 6.10 Å². The average molecular weight is 314 g/mol. The lowest BCUT2D eigenvalue weighted by Gasteiger charge is -2.18. The highest BCUT2D eigenvalue weighted by Crippen LogP contribution is 2.23. The molecule has 5 heteroatoms. The lowest BCUT2D eigenvalue weighted by atomic mass is 10.1. The minimum atomic E-state index is -0.773. The van der Waals surface area contributed by atoms with Gasteiger partial charge in [-0.15, -0.1) is 11.3 Å². The summed E-state index contributed by atoms with van der Waals surface area (Å²) < 4.78 is 14.3. The Hall–Kier alpha value is -0.940. The van der Waals surface area contributed by atoms with Crippen molar-refractivity contribution in [2.24, 2.45) is 0 Å². The van der Waals surface area contributed by atoms with Crippen LogP contribution in [-0.4, -0.2) is 23.6 Å². The third-order valence-corrected chi connectivity index (χ3v) is 4.32. The van der Waals surface area contributed by atoms with Gasteiger partial charge < -0.3 is 10.0 Å². The van der Waals surface area contributed by atoms with Gasteiger partial charge in [-0.2, -0.15) is 0 Å². The van der Waals surface area contributed by atoms with Gasteiger partial charge in [-0.05, 0) is 31.7 Å². The zero-order chi connectivity index (χ0) is 14.5. The largest absolute Gasteiger partial charge is 0.388 e. The van der Waals surface area contributed by atoms with Crippen molar-refractivity contribution in [1.29, 1.82) is 0 Å². The van der Waals surface area contributed by atoms with E-state index in [-0.39, 0.29) is 5.82 Å². The summed E-state index contributed by atoms with van der Waals surface area (Å²) in [6, 6.07) is 10.2. The average Bonchev–Trinajstić information content (AvgIpc) is 2.82. The standard InChI is InChI=1S/C15H17ClFNOS/c1-18(10-11-6-7-15(16)20-11)9-8-14(19)12-4-2-3-5-13(12)17/h2-7,14,19H,8-10H2,1H3. The van der Waals surface area contributed by atoms with Gasteiger partial charge in [-0.25, -0.2) is 4.39 Å². The first kappa shape index (κ1) is 15.4. The SMILES string of the molecule is CN(CCC(O)c1ccccc1F)Cc1ccc(Cl)s1. The number of benzene rings is 1. The van der Waals surface area contributed by atoms with Crippen LogP contribution in [0.5, 0.6) is 0 Å². The second-order valence-corrected chi connectivity index (χ2v) is 6.57. The molecular formula is C15H17ClFNOS. The number of aliphatic hydroxyl groups is 1. The molecule has 108 valence electrons. The zero-order valence-electron chi connectivity index (χ0n) is 11.2. The van der Waals surface area contributed by atoms with Crippen molar-refractivity contribution in [3.63, 3.8) is 0 Å². The molecule has 0 aliphatic rings. The van der Waals surface area contributed by atoms with Crippen molar-refractivity contribution >= 4 is 22.9 Å². The van der Waals surface area contributed by atoms with Crippen LogP contribution in [-0.2, 0) is 6.54 Å². The van der Waals surface area contributed by atoms with Crippen molar-refractivity contribution in [1.82, 2.24) is 4.90 Å². The van der Waals surface area contributed by atoms with Crippen molar-refractivity contribution in [2.45, 2.75) is 19.1 Å². The minimum absolute atomic E-state index is 0.354. The van der Waals surface area contributed by atoms with Crippen LogP contribution in [0.3, 0.4) is 0 Å². The van der Waals surface area contributed by atoms with Gasteiger partial charge in [-0.1, -0.05) is 29.8 Å². The van der Waals surface area contributed by atoms with E-state index in [1.54, 1.807) is 29.5 Å². The Kier molecular flexibility index (Phi) is 5.54. The maximum Gasteiger partial charge on any atom is 0.128 e. The third kappa shape index (κ3) is 4.28. The van der Waals surface area contributed by atoms with Crippen LogP contribution in [0, 0.1) is 5.82 Å². The van der Waals surface area contributed by atoms with E-state index in [4.69, 9.17) is 11.6 Å². The van der Waals surface area contributed by atoms with Gasteiger partial charge in [0.05, 0.1) is 10.4 Å². The maximum absolute atomic E-state index is 13.5. The predicted octanol–water partition coefficient (Wildman–Crippen LogP) is 4.10. The van der Waals surface area contributed by atoms with Crippen LogP contribution in [0.2, 0.25) is 4.34 Å². The fourth-order valence-electron chi connectivity index (χ4n) is 2.03. The van der Waals surface area contributed by atoms with E-state index in [1.807, 2.05) is 19.2 Å². The van der Waals surface area contributed by atoms with Crippen LogP contribution in [0.1, 0.15) is 23.0 Å². The molecule has 1 aromatic heterocycles. The van der Waals surface area contributed by atoms with Crippen LogP contribution in [0.4, 0.5) is 4.39 Å². The van der Waals surface area contributed by atoms with Gasteiger partial charge in [0.25, 0.3) is 0 Å². The molecule has 2 nitrogen and oxygen atoms in total. The molecule has 0 saturated heterocycles. The highest BCUT2D eigenvalue weighted by molar-refractivity contribution is 7.16. The van der Waals surface area contributed by atoms with Gasteiger partial charge in [0, 0.05) is 23.5 Å². The lowest BCUT2D eigenvalue weighted by Crippen LogP contribution is -2.20. The molecule has 1 aromatic carbocycles. The topological polar surface area (TPSA) is 23.5 Å². The molecule has 2 aromatic rings. The molecule has 0 spiro atoms. The van der Waals surface area contributed by atoms with Crippen molar-refractivity contribution in [3.8, 4) is 0 Å². The third-order valence-electron chi connectivity index (χ3n) is 3.10. The van der Waals surface area contributed by atoms with E-state index in [1.165, 1.54) is 10.9 Å². The number of aliphatic hydroxyl groups excluding tert-OH is 1. The fourth-order valence-corrected chi connectivity index (χ4v) is 3.19. The van der Waals surface area contributed by atoms with E-state index in [2.05, 4.69) is 4.90 Å². The number of thiophene rings is 1. The summed E-state index contributed by atoms with van der Waals surface area (Å²) in [7, 11) is 1.97. The van der Waals surface area contributed by atoms with Crippen LogP contribution in [0.25, 0.3) is 0 Å². The van der Waals surface area contributed by atoms with E-state index in [9.17, 15) is 9.50 Å². The Morgan fingerprint density at radius 1 is 1.30 bits per heavy atom. The Labute approximate surface area is 127 Å². The van der Waals surface area contributed by atoms with Crippen molar-refractivity contribution in [2.75, 3.05) is 13.6 Å². The first-order chi connectivity index (χ1) is 9.56. The normalized spacial score (nSPS) is 12.8. The van der Waals surface area contributed by atoms with Gasteiger partial charge in [0.2, 0.25) is 0 Å². The molecule has 0 aliphatic carbocycles. The summed E-state index contributed by atoms with van der Waals surface area (Å²) in [5.41, 5.74) is 0.361. The van der Waals surface area contributed by atoms with Crippen LogP contribution in [0.15, 0.2) is 36.4 Å². The van der Waals surface area contributed by atoms with Gasteiger partial charge in [0.1, 0.15) is 5.82 Å². The predicted molar refractivity (Wildman–Crippen MR) is 81.6 cm³/mol. The molecule has 1 unspecified atom stereocenters. The molecule has 0 amide bonds. The minimum Gasteiger partial charge on any atom is -0.388 e. The Morgan fingerprint density at radius 3 is 2.70 bits per heavy atom. The molecule has 0 fully saturated rings. The van der Waals surface area contributed by atoms with E-state index >= 15 is 0 Å². The summed E-state index contributed by atoms with van der Waals surface area (Å²) >= 11 is 7.44. The van der Waals surface area contributed by atoms with Crippen molar-refractivity contribution in [3.05, 3.63) is 57.0 Å². The summed E-state index contributed by atoms with van der Waals surface area (Å²) in [4.78, 5) is 3.27. The number of nitrogens with zero attached hydrogens (tertiary/aromatic N) is 1. The molecule has 2 rings (SSSR count). The summed E-state index contributed by atoms with van der Waals surface area (Å²) in [6.07, 6.45) is -0.276. The molecule has 0 bridgehead atoms. The second-order valence-electron chi connectivity index (χ2n) is 4.77. The summed E-state index contributed by atoms with van der Waals surface area (Å²) in [5, 5.41) is 10.0. The number of hydrogen-bond acceptors (Lipinski definition) is 3. The van der Waals surface area contributed by atoms with Crippen LogP contribution < -0.4 is 0 Å². The zero-order valence-corrected chi connectivity index (χ0v) is 12.8. The van der Waals surface area contributed by atoms with Crippen molar-refractivity contribution < 1.29 is 9.50 Å². The van der Waals surface area contributed by atoms with Crippen LogP contribution >= 0.6 is 22.9 Å². The quantitative estimate of drug-likeness (QED) is 0.868. The Bertz CT molecular complexity index is 560. The monoisotopic (exact) mass is 313 g/mol. The summed E-state index contributed by atoms with van der Waals surface area (Å²) in [6.45, 7) is 1.46. The lowest BCUT2D eigenvalue weighted by molar-refractivity contribution is 0.144. The highest BCUT2D eigenvalue weighted by Gasteiger charge is 2.13. The maximum atomic E-state index is 13.5. The van der Waals surface area contributed by atoms with Gasteiger partial charge in [-0.3, -0.25) is 0 Å². The molecule has 0 radical (unpaired) electrons. The second kappa shape index (κ2) is 7.18. The molecule has 20 heavy (non-hydrogen) atoms. The Balaban J connectivity index is 1.84. The molecule has 1 N–H and O–H groups in total. The first-order valence-corrected chi connectivity index (χ1v) is 7.61. The Morgan fingerprint density at radius 2 is 2.05 bits per heavy atom. The molecule has 1 heterocycles. The molecule has 1 atom stereocenters. The number of halogens is 2. The van der Waals surface area contributed by atoms with E-state index in [0.29, 0.717) is 18.5 Å².